The van der Waals surface area contributed by atoms with Gasteiger partial charge >= 0.3 is 10.4 Å². The number of ether oxygens (including phenoxy) is 4. The zero-order chi connectivity index (χ0) is 18.1. The molecule has 0 aromatic carbocycles. The van der Waals surface area contributed by atoms with Crippen LogP contribution >= 0.6 is 0 Å². The Bertz CT molecular complexity index is 511. The molecule has 2 heterocycles. The molecule has 0 bridgehead atoms. The van der Waals surface area contributed by atoms with E-state index in [2.05, 4.69) is 4.18 Å². The van der Waals surface area contributed by atoms with Crippen molar-refractivity contribution in [2.24, 2.45) is 0 Å². The Labute approximate surface area is 137 Å². The van der Waals surface area contributed by atoms with Crippen molar-refractivity contribution in [3.8, 4) is 0 Å². The van der Waals surface area contributed by atoms with Gasteiger partial charge in [0, 0.05) is 7.11 Å². The van der Waals surface area contributed by atoms with E-state index in [9.17, 15) is 28.8 Å². The summed E-state index contributed by atoms with van der Waals surface area (Å²) in [6.45, 7) is -0.708. The van der Waals surface area contributed by atoms with E-state index in [0.717, 1.165) is 0 Å². The van der Waals surface area contributed by atoms with Gasteiger partial charge in [-0.2, -0.15) is 8.42 Å². The first-order valence-corrected chi connectivity index (χ1v) is 8.30. The van der Waals surface area contributed by atoms with Gasteiger partial charge in [-0.15, -0.1) is 0 Å². The van der Waals surface area contributed by atoms with Crippen LogP contribution in [0, 0.1) is 0 Å². The van der Waals surface area contributed by atoms with E-state index in [1.54, 1.807) is 0 Å². The summed E-state index contributed by atoms with van der Waals surface area (Å²) >= 11 is 0. The second-order valence-electron chi connectivity index (χ2n) is 5.34. The lowest BCUT2D eigenvalue weighted by Crippen LogP contribution is -2.60. The van der Waals surface area contributed by atoms with Crippen molar-refractivity contribution in [3.05, 3.63) is 0 Å². The van der Waals surface area contributed by atoms with Crippen molar-refractivity contribution < 1.29 is 56.5 Å². The summed E-state index contributed by atoms with van der Waals surface area (Å²) in [5.41, 5.74) is 0. The molecule has 142 valence electrons. The predicted molar refractivity (Wildman–Crippen MR) is 71.8 cm³/mol. The Morgan fingerprint density at radius 1 is 0.875 bits per heavy atom. The van der Waals surface area contributed by atoms with E-state index in [4.69, 9.17) is 23.5 Å². The summed E-state index contributed by atoms with van der Waals surface area (Å²) in [6.07, 6.45) is -11.4. The largest absolute Gasteiger partial charge is 0.397 e. The summed E-state index contributed by atoms with van der Waals surface area (Å²) in [4.78, 5) is 0. The second kappa shape index (κ2) is 7.84. The van der Waals surface area contributed by atoms with E-state index in [1.807, 2.05) is 0 Å². The van der Waals surface area contributed by atoms with Gasteiger partial charge in [-0.25, -0.2) is 4.18 Å². The highest BCUT2D eigenvalue weighted by molar-refractivity contribution is 7.80. The molecule has 0 aliphatic carbocycles. The molecule has 24 heavy (non-hydrogen) atoms. The Kier molecular flexibility index (Phi) is 6.49. The smallest absolute Gasteiger partial charge is 0.387 e. The average Bonchev–Trinajstić information content (AvgIpc) is 2.50. The number of hydrogen-bond donors (Lipinski definition) is 5. The molecule has 0 amide bonds. The van der Waals surface area contributed by atoms with Gasteiger partial charge in [0.05, 0.1) is 13.2 Å². The predicted octanol–water partition coefficient (Wildman–Crippen LogP) is -3.64. The SMILES string of the molecule is CO[C@@H]1OC[C@@H](O[C@@H]2OC[C@@H](OS(=O)(=O)O)C(O)C2O)C(O)C1O. The standard InChI is InChI=1S/C11H20O12S/c1-19-10-8(14)6(12)4(2-20-10)22-11-9(15)7(13)5(3-21-11)23-24(16,17)18/h4-15H,2-3H2,1H3,(H,16,17,18)/t4-,5-,6?,7?,8?,9?,10-,11+/m1/s1. The average molecular weight is 376 g/mol. The van der Waals surface area contributed by atoms with Crippen molar-refractivity contribution in [1.29, 1.82) is 0 Å². The van der Waals surface area contributed by atoms with E-state index in [-0.39, 0.29) is 6.61 Å². The zero-order valence-corrected chi connectivity index (χ0v) is 13.4. The van der Waals surface area contributed by atoms with Crippen LogP contribution in [-0.2, 0) is 33.5 Å². The summed E-state index contributed by atoms with van der Waals surface area (Å²) in [7, 11) is -3.57. The number of aliphatic hydroxyl groups is 4. The highest BCUT2D eigenvalue weighted by Gasteiger charge is 2.46. The fourth-order valence-corrected chi connectivity index (χ4v) is 2.88. The molecule has 8 atom stereocenters. The summed E-state index contributed by atoms with van der Waals surface area (Å²) in [6, 6.07) is 0. The first kappa shape index (κ1) is 19.9. The van der Waals surface area contributed by atoms with E-state index < -0.39 is 66.2 Å². The summed E-state index contributed by atoms with van der Waals surface area (Å²) in [5.74, 6) is 0. The monoisotopic (exact) mass is 376 g/mol. The van der Waals surface area contributed by atoms with Crippen molar-refractivity contribution >= 4 is 10.4 Å². The lowest BCUT2D eigenvalue weighted by Gasteiger charge is -2.41. The topological polar surface area (TPSA) is 181 Å². The molecule has 0 spiro atoms. The van der Waals surface area contributed by atoms with Gasteiger partial charge in [0.15, 0.2) is 12.6 Å². The van der Waals surface area contributed by atoms with Gasteiger partial charge in [0.25, 0.3) is 0 Å². The van der Waals surface area contributed by atoms with Crippen LogP contribution in [0.5, 0.6) is 0 Å². The third-order valence-electron chi connectivity index (χ3n) is 3.66. The van der Waals surface area contributed by atoms with E-state index >= 15 is 0 Å². The van der Waals surface area contributed by atoms with Crippen LogP contribution in [0.15, 0.2) is 0 Å². The zero-order valence-electron chi connectivity index (χ0n) is 12.5. The molecular formula is C11H20O12S. The molecule has 0 radical (unpaired) electrons. The molecule has 0 saturated carbocycles. The first-order valence-electron chi connectivity index (χ1n) is 6.93. The second-order valence-corrected chi connectivity index (χ2v) is 6.39. The lowest BCUT2D eigenvalue weighted by molar-refractivity contribution is -0.324. The minimum absolute atomic E-state index is 0.190. The normalized spacial score (nSPS) is 44.4. The van der Waals surface area contributed by atoms with E-state index in [1.165, 1.54) is 7.11 Å². The molecule has 0 aromatic heterocycles. The third-order valence-corrected chi connectivity index (χ3v) is 4.15. The summed E-state index contributed by atoms with van der Waals surface area (Å²) < 4.78 is 54.3. The molecule has 0 aromatic rings. The highest BCUT2D eigenvalue weighted by atomic mass is 32.3. The maximum Gasteiger partial charge on any atom is 0.397 e. The van der Waals surface area contributed by atoms with Crippen LogP contribution in [-0.4, -0.2) is 103 Å². The van der Waals surface area contributed by atoms with Gasteiger partial charge in [0.2, 0.25) is 0 Å². The molecular weight excluding hydrogens is 356 g/mol. The molecule has 2 fully saturated rings. The number of aliphatic hydroxyl groups excluding tert-OH is 4. The van der Waals surface area contributed by atoms with Crippen molar-refractivity contribution in [1.82, 2.24) is 0 Å². The third kappa shape index (κ3) is 4.59. The minimum atomic E-state index is -4.85. The van der Waals surface area contributed by atoms with Gasteiger partial charge < -0.3 is 39.4 Å². The molecule has 5 N–H and O–H groups in total. The Morgan fingerprint density at radius 3 is 1.96 bits per heavy atom. The van der Waals surface area contributed by atoms with E-state index in [0.29, 0.717) is 0 Å². The van der Waals surface area contributed by atoms with Crippen molar-refractivity contribution in [2.75, 3.05) is 20.3 Å². The number of rotatable bonds is 5. The molecule has 13 heteroatoms. The Morgan fingerprint density at radius 2 is 1.38 bits per heavy atom. The Hall–Kier alpha value is -0.450. The molecule has 2 aliphatic rings. The quantitative estimate of drug-likeness (QED) is 0.297. The number of methoxy groups -OCH3 is 1. The van der Waals surface area contributed by atoms with Crippen LogP contribution < -0.4 is 0 Å². The van der Waals surface area contributed by atoms with Crippen molar-refractivity contribution in [3.63, 3.8) is 0 Å². The maximum atomic E-state index is 10.7. The van der Waals surface area contributed by atoms with Crippen LogP contribution in [0.1, 0.15) is 0 Å². The highest BCUT2D eigenvalue weighted by Crippen LogP contribution is 2.25. The molecule has 4 unspecified atom stereocenters. The van der Waals surface area contributed by atoms with Crippen LogP contribution in [0.2, 0.25) is 0 Å². The minimum Gasteiger partial charge on any atom is -0.387 e. The number of hydrogen-bond acceptors (Lipinski definition) is 11. The van der Waals surface area contributed by atoms with Crippen molar-refractivity contribution in [2.45, 2.75) is 49.2 Å². The fraction of sp³-hybridized carbons (Fsp3) is 1.00. The maximum absolute atomic E-state index is 10.7. The Balaban J connectivity index is 1.95. The van der Waals surface area contributed by atoms with Crippen LogP contribution in [0.3, 0.4) is 0 Å². The molecule has 12 nitrogen and oxygen atoms in total. The molecule has 2 rings (SSSR count). The first-order chi connectivity index (χ1) is 11.1. The lowest BCUT2D eigenvalue weighted by atomic mass is 10.0. The van der Waals surface area contributed by atoms with Gasteiger partial charge in [0.1, 0.15) is 36.6 Å². The van der Waals surface area contributed by atoms with Gasteiger partial charge in [-0.1, -0.05) is 0 Å². The molecule has 2 aliphatic heterocycles. The fourth-order valence-electron chi connectivity index (χ4n) is 2.40. The molecule has 2 saturated heterocycles. The van der Waals surface area contributed by atoms with Crippen LogP contribution in [0.4, 0.5) is 0 Å². The summed E-state index contributed by atoms with van der Waals surface area (Å²) in [5, 5.41) is 39.5. The van der Waals surface area contributed by atoms with Gasteiger partial charge in [-0.3, -0.25) is 4.55 Å². The van der Waals surface area contributed by atoms with Crippen LogP contribution in [0.25, 0.3) is 0 Å². The van der Waals surface area contributed by atoms with Gasteiger partial charge in [-0.05, 0) is 0 Å².